The van der Waals surface area contributed by atoms with Crippen LogP contribution in [0.3, 0.4) is 0 Å². The van der Waals surface area contributed by atoms with Crippen molar-refractivity contribution < 1.29 is 0 Å². The molecule has 0 bridgehead atoms. The number of rotatable bonds is 4. The normalized spacial score (nSPS) is 11.4. The zero-order valence-electron chi connectivity index (χ0n) is 10.2. The van der Waals surface area contributed by atoms with Gasteiger partial charge in [-0.2, -0.15) is 0 Å². The summed E-state index contributed by atoms with van der Waals surface area (Å²) in [6, 6.07) is 0. The molecule has 0 atom stereocenters. The molecule has 0 amide bonds. The summed E-state index contributed by atoms with van der Waals surface area (Å²) < 4.78 is 4.18. The van der Waals surface area contributed by atoms with E-state index >= 15 is 0 Å². The molecule has 0 fully saturated rings. The van der Waals surface area contributed by atoms with Gasteiger partial charge in [0.25, 0.3) is 0 Å². The molecule has 3 aromatic rings. The fourth-order valence-corrected chi connectivity index (χ4v) is 2.90. The number of thiazole rings is 1. The van der Waals surface area contributed by atoms with Crippen LogP contribution >= 0.6 is 11.3 Å². The van der Waals surface area contributed by atoms with Crippen molar-refractivity contribution in [2.75, 3.05) is 6.54 Å². The van der Waals surface area contributed by atoms with Crippen molar-refractivity contribution in [3.63, 3.8) is 0 Å². The molecule has 0 aliphatic rings. The third-order valence-electron chi connectivity index (χ3n) is 2.98. The summed E-state index contributed by atoms with van der Waals surface area (Å²) in [6.07, 6.45) is 7.53. The zero-order valence-corrected chi connectivity index (χ0v) is 11.0. The van der Waals surface area contributed by atoms with Gasteiger partial charge in [-0.15, -0.1) is 11.3 Å². The Bertz CT molecular complexity index is 663. The lowest BCUT2D eigenvalue weighted by Gasteiger charge is -2.06. The Balaban J connectivity index is 2.21. The van der Waals surface area contributed by atoms with Gasteiger partial charge in [-0.05, 0) is 6.54 Å². The van der Waals surface area contributed by atoms with Gasteiger partial charge in [-0.3, -0.25) is 8.97 Å². The summed E-state index contributed by atoms with van der Waals surface area (Å²) in [5.74, 6) is 1.99. The van der Waals surface area contributed by atoms with Crippen molar-refractivity contribution >= 4 is 16.3 Å². The number of nitrogens with two attached hydrogens (primary N) is 1. The van der Waals surface area contributed by atoms with Crippen molar-refractivity contribution in [1.29, 1.82) is 0 Å². The number of fused-ring (bicyclic) bond motifs is 1. The van der Waals surface area contributed by atoms with Gasteiger partial charge in [-0.1, -0.05) is 6.92 Å². The Labute approximate surface area is 109 Å². The van der Waals surface area contributed by atoms with Crippen molar-refractivity contribution in [3.05, 3.63) is 35.5 Å². The Morgan fingerprint density at radius 3 is 3.06 bits per heavy atom. The summed E-state index contributed by atoms with van der Waals surface area (Å²) in [7, 11) is 0. The number of aromatic nitrogens is 4. The predicted octanol–water partition coefficient (Wildman–Crippen LogP) is 1.65. The smallest absolute Gasteiger partial charge is 0.195 e. The van der Waals surface area contributed by atoms with Gasteiger partial charge in [0.1, 0.15) is 5.82 Å². The topological polar surface area (TPSA) is 61.1 Å². The Morgan fingerprint density at radius 1 is 1.39 bits per heavy atom. The molecule has 0 radical (unpaired) electrons. The van der Waals surface area contributed by atoms with E-state index in [0.29, 0.717) is 6.54 Å². The van der Waals surface area contributed by atoms with Gasteiger partial charge in [-0.25, -0.2) is 9.97 Å². The first-order valence-corrected chi connectivity index (χ1v) is 6.90. The summed E-state index contributed by atoms with van der Waals surface area (Å²) >= 11 is 1.64. The molecule has 2 N–H and O–H groups in total. The maximum absolute atomic E-state index is 5.71. The van der Waals surface area contributed by atoms with E-state index in [1.165, 1.54) is 0 Å². The Kier molecular flexibility index (Phi) is 2.89. The Morgan fingerprint density at radius 2 is 2.28 bits per heavy atom. The quantitative estimate of drug-likeness (QED) is 0.776. The van der Waals surface area contributed by atoms with Crippen molar-refractivity contribution in [2.45, 2.75) is 19.8 Å². The number of hydrogen-bond acceptors (Lipinski definition) is 4. The van der Waals surface area contributed by atoms with E-state index in [1.54, 1.807) is 11.3 Å². The van der Waals surface area contributed by atoms with Crippen LogP contribution in [0.1, 0.15) is 18.4 Å². The molecular formula is C12H15N5S. The molecule has 5 nitrogen and oxygen atoms in total. The van der Waals surface area contributed by atoms with Gasteiger partial charge >= 0.3 is 0 Å². The van der Waals surface area contributed by atoms with E-state index in [-0.39, 0.29) is 0 Å². The van der Waals surface area contributed by atoms with Crippen molar-refractivity contribution in [2.24, 2.45) is 5.73 Å². The van der Waals surface area contributed by atoms with Crippen LogP contribution in [0.15, 0.2) is 24.0 Å². The molecule has 94 valence electrons. The van der Waals surface area contributed by atoms with Crippen LogP contribution in [-0.2, 0) is 12.8 Å². The number of nitrogens with zero attached hydrogens (tertiary/aromatic N) is 4. The average molecular weight is 261 g/mol. The van der Waals surface area contributed by atoms with Crippen molar-refractivity contribution in [3.8, 4) is 5.82 Å². The van der Waals surface area contributed by atoms with Gasteiger partial charge in [0.2, 0.25) is 0 Å². The third-order valence-corrected chi connectivity index (χ3v) is 3.74. The highest BCUT2D eigenvalue weighted by atomic mass is 32.1. The lowest BCUT2D eigenvalue weighted by atomic mass is 10.3. The summed E-state index contributed by atoms with van der Waals surface area (Å²) in [6.45, 7) is 2.71. The fraction of sp³-hybridized carbons (Fsp3) is 0.333. The minimum Gasteiger partial charge on any atom is -0.330 e. The second-order valence-electron chi connectivity index (χ2n) is 4.04. The van der Waals surface area contributed by atoms with Crippen LogP contribution < -0.4 is 5.73 Å². The molecule has 0 spiro atoms. The minimum absolute atomic E-state index is 0.618. The first-order chi connectivity index (χ1) is 8.85. The summed E-state index contributed by atoms with van der Waals surface area (Å²) in [5.41, 5.74) is 6.86. The van der Waals surface area contributed by atoms with Gasteiger partial charge in [0.15, 0.2) is 10.8 Å². The highest BCUT2D eigenvalue weighted by molar-refractivity contribution is 7.15. The zero-order chi connectivity index (χ0) is 12.5. The molecule has 0 saturated heterocycles. The van der Waals surface area contributed by atoms with E-state index in [9.17, 15) is 0 Å². The molecule has 0 aromatic carbocycles. The molecule has 18 heavy (non-hydrogen) atoms. The average Bonchev–Trinajstić information content (AvgIpc) is 3.04. The summed E-state index contributed by atoms with van der Waals surface area (Å²) in [5, 5.41) is 2.04. The predicted molar refractivity (Wildman–Crippen MR) is 72.3 cm³/mol. The molecule has 6 heteroatoms. The van der Waals surface area contributed by atoms with Crippen LogP contribution in [0.4, 0.5) is 0 Å². The number of hydrogen-bond donors (Lipinski definition) is 1. The second-order valence-corrected chi connectivity index (χ2v) is 4.92. The molecule has 0 saturated carbocycles. The first kappa shape index (κ1) is 11.4. The second kappa shape index (κ2) is 4.55. The van der Waals surface area contributed by atoms with Gasteiger partial charge < -0.3 is 5.73 Å². The molecule has 3 aromatic heterocycles. The van der Waals surface area contributed by atoms with E-state index in [1.807, 2.05) is 24.0 Å². The molecule has 0 aliphatic carbocycles. The lowest BCUT2D eigenvalue weighted by Crippen LogP contribution is -2.09. The lowest BCUT2D eigenvalue weighted by molar-refractivity contribution is 0.837. The molecule has 3 heterocycles. The standard InChI is InChI=1S/C12H15N5S/c1-2-10-14-5-6-17(10)11-9(3-4-13)16-7-8-18-12(16)15-11/h5-8H,2-4,13H2,1H3. The maximum Gasteiger partial charge on any atom is 0.195 e. The molecule has 0 unspecified atom stereocenters. The van der Waals surface area contributed by atoms with Crippen LogP contribution in [0.2, 0.25) is 0 Å². The number of imidazole rings is 2. The molecule has 3 rings (SSSR count). The molecule has 0 aliphatic heterocycles. The van der Waals surface area contributed by atoms with Gasteiger partial charge in [0.05, 0.1) is 5.69 Å². The highest BCUT2D eigenvalue weighted by Gasteiger charge is 2.15. The minimum atomic E-state index is 0.618. The van der Waals surface area contributed by atoms with Crippen LogP contribution in [0.25, 0.3) is 10.8 Å². The van der Waals surface area contributed by atoms with E-state index in [2.05, 4.69) is 20.9 Å². The summed E-state index contributed by atoms with van der Waals surface area (Å²) in [4.78, 5) is 10.0. The van der Waals surface area contributed by atoms with E-state index < -0.39 is 0 Å². The van der Waals surface area contributed by atoms with Crippen molar-refractivity contribution in [1.82, 2.24) is 18.9 Å². The van der Waals surface area contributed by atoms with Gasteiger partial charge in [0, 0.05) is 36.8 Å². The van der Waals surface area contributed by atoms with Crippen LogP contribution in [0, 0.1) is 0 Å². The third kappa shape index (κ3) is 1.65. The van der Waals surface area contributed by atoms with Crippen LogP contribution in [-0.4, -0.2) is 25.5 Å². The largest absolute Gasteiger partial charge is 0.330 e. The first-order valence-electron chi connectivity index (χ1n) is 6.02. The maximum atomic E-state index is 5.71. The number of aryl methyl sites for hydroxylation is 1. The Hall–Kier alpha value is -1.66. The van der Waals surface area contributed by atoms with E-state index in [0.717, 1.165) is 35.1 Å². The monoisotopic (exact) mass is 261 g/mol. The highest BCUT2D eigenvalue weighted by Crippen LogP contribution is 2.22. The van der Waals surface area contributed by atoms with E-state index in [4.69, 9.17) is 10.7 Å². The molecular weight excluding hydrogens is 246 g/mol. The van der Waals surface area contributed by atoms with Crippen LogP contribution in [0.5, 0.6) is 0 Å². The SMILES string of the molecule is CCc1nccn1-c1nc2sccn2c1CCN. The fourth-order valence-electron chi connectivity index (χ4n) is 2.17.